The third kappa shape index (κ3) is 3.31. The molecular weight excluding hydrogens is 368 g/mol. The lowest BCUT2D eigenvalue weighted by Crippen LogP contribution is -2.41. The number of nitrogens with zero attached hydrogens (tertiary/aromatic N) is 2. The van der Waals surface area contributed by atoms with Crippen LogP contribution in [0.5, 0.6) is 23.0 Å². The SMILES string of the molecule is COc1cc2c(cc1OC)C1CN(C)CCC1N=C2c1cccc(OC)c1OC. The summed E-state index contributed by atoms with van der Waals surface area (Å²) in [5.74, 6) is 3.16. The van der Waals surface area contributed by atoms with Crippen molar-refractivity contribution in [2.45, 2.75) is 18.4 Å². The van der Waals surface area contributed by atoms with Gasteiger partial charge < -0.3 is 23.8 Å². The van der Waals surface area contributed by atoms with E-state index in [0.717, 1.165) is 42.1 Å². The van der Waals surface area contributed by atoms with E-state index >= 15 is 0 Å². The van der Waals surface area contributed by atoms with Gasteiger partial charge in [0, 0.05) is 23.6 Å². The minimum absolute atomic E-state index is 0.225. The van der Waals surface area contributed by atoms with Crippen LogP contribution in [0.2, 0.25) is 0 Å². The number of likely N-dealkylation sites (N-methyl/N-ethyl adjacent to an activating group) is 1. The molecule has 0 aromatic heterocycles. The molecule has 6 nitrogen and oxygen atoms in total. The van der Waals surface area contributed by atoms with Crippen LogP contribution in [-0.4, -0.2) is 65.2 Å². The summed E-state index contributed by atoms with van der Waals surface area (Å²) in [5, 5.41) is 0. The smallest absolute Gasteiger partial charge is 0.170 e. The fraction of sp³-hybridized carbons (Fsp3) is 0.435. The molecule has 2 aromatic carbocycles. The molecule has 0 spiro atoms. The number of ether oxygens (including phenoxy) is 4. The number of aliphatic imine (C=N–C) groups is 1. The summed E-state index contributed by atoms with van der Waals surface area (Å²) in [6.07, 6.45) is 1.02. The van der Waals surface area contributed by atoms with E-state index in [1.807, 2.05) is 24.3 Å². The van der Waals surface area contributed by atoms with Gasteiger partial charge in [0.1, 0.15) is 0 Å². The summed E-state index contributed by atoms with van der Waals surface area (Å²) in [6.45, 7) is 2.01. The molecule has 0 radical (unpaired) electrons. The topological polar surface area (TPSA) is 52.5 Å². The minimum Gasteiger partial charge on any atom is -0.493 e. The van der Waals surface area contributed by atoms with Crippen molar-refractivity contribution in [2.75, 3.05) is 48.6 Å². The van der Waals surface area contributed by atoms with Gasteiger partial charge in [0.05, 0.1) is 40.2 Å². The maximum absolute atomic E-state index is 5.72. The van der Waals surface area contributed by atoms with Gasteiger partial charge in [-0.15, -0.1) is 0 Å². The quantitative estimate of drug-likeness (QED) is 0.776. The lowest BCUT2D eigenvalue weighted by atomic mass is 9.78. The second kappa shape index (κ2) is 7.95. The molecule has 2 atom stereocenters. The molecular formula is C23H28N2O4. The number of para-hydroxylation sites is 1. The van der Waals surface area contributed by atoms with Crippen molar-refractivity contribution >= 4 is 5.71 Å². The molecule has 2 aromatic rings. The van der Waals surface area contributed by atoms with E-state index in [-0.39, 0.29) is 6.04 Å². The Morgan fingerprint density at radius 3 is 2.31 bits per heavy atom. The highest BCUT2D eigenvalue weighted by molar-refractivity contribution is 6.16. The Morgan fingerprint density at radius 2 is 1.62 bits per heavy atom. The van der Waals surface area contributed by atoms with E-state index in [1.165, 1.54) is 5.56 Å². The zero-order valence-corrected chi connectivity index (χ0v) is 17.7. The third-order valence-corrected chi connectivity index (χ3v) is 5.94. The van der Waals surface area contributed by atoms with Crippen LogP contribution in [0.1, 0.15) is 29.0 Å². The fourth-order valence-electron chi connectivity index (χ4n) is 4.49. The van der Waals surface area contributed by atoms with Gasteiger partial charge in [-0.2, -0.15) is 0 Å². The predicted octanol–water partition coefficient (Wildman–Crippen LogP) is 3.36. The van der Waals surface area contributed by atoms with Gasteiger partial charge in [-0.25, -0.2) is 0 Å². The molecule has 0 saturated carbocycles. The normalized spacial score (nSPS) is 20.9. The number of rotatable bonds is 5. The van der Waals surface area contributed by atoms with E-state index in [9.17, 15) is 0 Å². The Labute approximate surface area is 172 Å². The van der Waals surface area contributed by atoms with Gasteiger partial charge in [0.15, 0.2) is 23.0 Å². The van der Waals surface area contributed by atoms with Crippen molar-refractivity contribution in [3.05, 3.63) is 47.0 Å². The number of methoxy groups -OCH3 is 4. The first-order chi connectivity index (χ1) is 14.1. The molecule has 0 N–H and O–H groups in total. The molecule has 1 fully saturated rings. The molecule has 0 amide bonds. The Morgan fingerprint density at radius 1 is 0.897 bits per heavy atom. The van der Waals surface area contributed by atoms with Crippen molar-refractivity contribution < 1.29 is 18.9 Å². The highest BCUT2D eigenvalue weighted by Gasteiger charge is 2.37. The fourth-order valence-corrected chi connectivity index (χ4v) is 4.49. The lowest BCUT2D eigenvalue weighted by Gasteiger charge is -2.39. The Hall–Kier alpha value is -2.73. The molecule has 1 saturated heterocycles. The molecule has 2 aliphatic rings. The number of likely N-dealkylation sites (tertiary alicyclic amines) is 1. The monoisotopic (exact) mass is 396 g/mol. The van der Waals surface area contributed by atoms with Gasteiger partial charge in [0.25, 0.3) is 0 Å². The molecule has 2 heterocycles. The van der Waals surface area contributed by atoms with Gasteiger partial charge in [-0.3, -0.25) is 4.99 Å². The standard InChI is InChI=1S/C23H28N2O4/c1-25-10-9-18-17(13-25)15-11-20(27-3)21(28-4)12-16(15)22(24-18)14-7-6-8-19(26-2)23(14)29-5/h6-8,11-12,17-18H,9-10,13H2,1-5H3. The summed E-state index contributed by atoms with van der Waals surface area (Å²) in [4.78, 5) is 7.59. The van der Waals surface area contributed by atoms with Crippen molar-refractivity contribution in [3.63, 3.8) is 0 Å². The summed E-state index contributed by atoms with van der Waals surface area (Å²) in [5.41, 5.74) is 4.15. The summed E-state index contributed by atoms with van der Waals surface area (Å²) in [6, 6.07) is 10.3. The van der Waals surface area contributed by atoms with Gasteiger partial charge in [0.2, 0.25) is 0 Å². The number of benzene rings is 2. The van der Waals surface area contributed by atoms with Crippen LogP contribution < -0.4 is 18.9 Å². The first kappa shape index (κ1) is 19.6. The lowest BCUT2D eigenvalue weighted by molar-refractivity contribution is 0.227. The van der Waals surface area contributed by atoms with E-state index in [4.69, 9.17) is 23.9 Å². The highest BCUT2D eigenvalue weighted by Crippen LogP contribution is 2.44. The van der Waals surface area contributed by atoms with Crippen LogP contribution in [0.4, 0.5) is 0 Å². The Bertz CT molecular complexity index is 941. The van der Waals surface area contributed by atoms with Crippen LogP contribution >= 0.6 is 0 Å². The minimum atomic E-state index is 0.225. The molecule has 4 rings (SSSR count). The second-order valence-corrected chi connectivity index (χ2v) is 7.54. The van der Waals surface area contributed by atoms with Gasteiger partial charge in [-0.05, 0) is 49.8 Å². The predicted molar refractivity (Wildman–Crippen MR) is 113 cm³/mol. The van der Waals surface area contributed by atoms with Crippen molar-refractivity contribution in [1.82, 2.24) is 4.90 Å². The molecule has 154 valence electrons. The van der Waals surface area contributed by atoms with E-state index in [1.54, 1.807) is 28.4 Å². The van der Waals surface area contributed by atoms with Gasteiger partial charge in [-0.1, -0.05) is 6.07 Å². The summed E-state index contributed by atoms with van der Waals surface area (Å²) < 4.78 is 22.5. The van der Waals surface area contributed by atoms with Crippen LogP contribution in [0, 0.1) is 0 Å². The molecule has 29 heavy (non-hydrogen) atoms. The maximum Gasteiger partial charge on any atom is 0.170 e. The molecule has 2 aliphatic heterocycles. The van der Waals surface area contributed by atoms with Crippen molar-refractivity contribution in [3.8, 4) is 23.0 Å². The van der Waals surface area contributed by atoms with Crippen LogP contribution in [0.25, 0.3) is 0 Å². The molecule has 2 unspecified atom stereocenters. The second-order valence-electron chi connectivity index (χ2n) is 7.54. The first-order valence-electron chi connectivity index (χ1n) is 9.85. The van der Waals surface area contributed by atoms with Crippen molar-refractivity contribution in [2.24, 2.45) is 4.99 Å². The molecule has 0 bridgehead atoms. The largest absolute Gasteiger partial charge is 0.493 e. The highest BCUT2D eigenvalue weighted by atomic mass is 16.5. The van der Waals surface area contributed by atoms with Crippen LogP contribution in [0.15, 0.2) is 35.3 Å². The third-order valence-electron chi connectivity index (χ3n) is 5.94. The first-order valence-corrected chi connectivity index (χ1v) is 9.85. The number of fused-ring (bicyclic) bond motifs is 3. The van der Waals surface area contributed by atoms with E-state index in [2.05, 4.69) is 18.0 Å². The average molecular weight is 396 g/mol. The van der Waals surface area contributed by atoms with E-state index in [0.29, 0.717) is 23.2 Å². The summed E-state index contributed by atoms with van der Waals surface area (Å²) in [7, 11) is 8.82. The number of hydrogen-bond donors (Lipinski definition) is 0. The van der Waals surface area contributed by atoms with Crippen LogP contribution in [0.3, 0.4) is 0 Å². The maximum atomic E-state index is 5.72. The molecule has 6 heteroatoms. The van der Waals surface area contributed by atoms with Crippen molar-refractivity contribution in [1.29, 1.82) is 0 Å². The summed E-state index contributed by atoms with van der Waals surface area (Å²) >= 11 is 0. The average Bonchev–Trinajstić information content (AvgIpc) is 2.76. The Kier molecular flexibility index (Phi) is 5.37. The zero-order chi connectivity index (χ0) is 20.5. The zero-order valence-electron chi connectivity index (χ0n) is 17.7. The van der Waals surface area contributed by atoms with Crippen LogP contribution in [-0.2, 0) is 0 Å². The number of piperidine rings is 1. The Balaban J connectivity index is 1.95. The molecule has 0 aliphatic carbocycles. The van der Waals surface area contributed by atoms with E-state index < -0.39 is 0 Å². The number of hydrogen-bond acceptors (Lipinski definition) is 6. The van der Waals surface area contributed by atoms with Gasteiger partial charge >= 0.3 is 0 Å².